The molecule has 7 atom stereocenters. The summed E-state index contributed by atoms with van der Waals surface area (Å²) in [6.45, 7) is 5.76. The molecule has 328 valence electrons. The van der Waals surface area contributed by atoms with Crippen LogP contribution in [0.3, 0.4) is 0 Å². The van der Waals surface area contributed by atoms with E-state index in [1.54, 1.807) is 6.08 Å². The minimum Gasteiger partial charge on any atom is -0.462 e. The number of hydrogen-bond donors (Lipinski definition) is 5. The molecular formula is C44H81O11P. The van der Waals surface area contributed by atoms with Gasteiger partial charge < -0.3 is 34.6 Å². The van der Waals surface area contributed by atoms with E-state index < -0.39 is 50.8 Å². The number of allylic oxidation sites excluding steroid dienone is 2. The second kappa shape index (κ2) is 33.3. The average Bonchev–Trinajstić information content (AvgIpc) is 3.43. The number of esters is 2. The first kappa shape index (κ1) is 52.4. The Morgan fingerprint density at radius 3 is 1.89 bits per heavy atom. The molecule has 0 amide bonds. The van der Waals surface area contributed by atoms with Gasteiger partial charge in [-0.1, -0.05) is 161 Å². The molecular weight excluding hydrogens is 735 g/mol. The zero-order valence-electron chi connectivity index (χ0n) is 35.3. The van der Waals surface area contributed by atoms with Crippen LogP contribution in [0.4, 0.5) is 0 Å². The van der Waals surface area contributed by atoms with Crippen LogP contribution in [0.15, 0.2) is 24.3 Å². The Hall–Kier alpha value is -1.59. The predicted molar refractivity (Wildman–Crippen MR) is 223 cm³/mol. The number of phosphoric ester groups is 1. The van der Waals surface area contributed by atoms with Crippen LogP contribution in [-0.2, 0) is 28.2 Å². The third-order valence-corrected chi connectivity index (χ3v) is 11.6. The zero-order chi connectivity index (χ0) is 41.4. The van der Waals surface area contributed by atoms with Gasteiger partial charge in [-0.3, -0.25) is 14.1 Å². The number of aliphatic hydroxyl groups excluding tert-OH is 3. The minimum absolute atomic E-state index is 0.0924. The van der Waals surface area contributed by atoms with Gasteiger partial charge in [0.2, 0.25) is 0 Å². The number of ether oxygens (including phenoxy) is 2. The summed E-state index contributed by atoms with van der Waals surface area (Å²) in [6, 6.07) is 0. The van der Waals surface area contributed by atoms with Gasteiger partial charge >= 0.3 is 19.8 Å². The van der Waals surface area contributed by atoms with Gasteiger partial charge in [0.05, 0.1) is 24.9 Å². The Labute approximate surface area is 339 Å². The quantitative estimate of drug-likeness (QED) is 0.0176. The average molecular weight is 817 g/mol. The van der Waals surface area contributed by atoms with Gasteiger partial charge in [-0.25, -0.2) is 4.57 Å². The van der Waals surface area contributed by atoms with Crippen molar-refractivity contribution in [2.75, 3.05) is 13.2 Å². The zero-order valence-corrected chi connectivity index (χ0v) is 36.2. The van der Waals surface area contributed by atoms with Crippen molar-refractivity contribution in [2.45, 2.75) is 212 Å². The first-order valence-corrected chi connectivity index (χ1v) is 23.8. The van der Waals surface area contributed by atoms with Gasteiger partial charge in [-0.05, 0) is 43.9 Å². The lowest BCUT2D eigenvalue weighted by Crippen LogP contribution is -2.29. The van der Waals surface area contributed by atoms with Crippen molar-refractivity contribution in [1.82, 2.24) is 0 Å². The van der Waals surface area contributed by atoms with Crippen LogP contribution < -0.4 is 0 Å². The third kappa shape index (κ3) is 28.8. The van der Waals surface area contributed by atoms with Gasteiger partial charge in [-0.15, -0.1) is 0 Å². The van der Waals surface area contributed by atoms with Gasteiger partial charge in [0.1, 0.15) is 6.61 Å². The fraction of sp³-hybridized carbons (Fsp3) is 0.864. The molecule has 0 aliphatic heterocycles. The molecule has 0 radical (unpaired) electrons. The molecule has 1 fully saturated rings. The molecule has 1 aliphatic carbocycles. The summed E-state index contributed by atoms with van der Waals surface area (Å²) < 4.78 is 26.4. The standard InChI is InChI=1S/C44H81O11P/c1-4-6-21-27-37(45)31-32-40-39(41(46)33-42(40)47)28-23-19-20-24-29-43(48)53-34-38(35-54-56(50,51)52)55-44(49)30-25-18-16-14-12-10-8-7-9-11-13-15-17-22-26-36(3)5-2/h19,23,31-32,36-42,45-47H,4-18,20-22,24-30,33-35H2,1-3H3,(H2,50,51,52)/b23-19+,32-31+/t36?,37-,38+,39+,40+,41-,42+/m0/s1. The van der Waals surface area contributed by atoms with E-state index in [9.17, 15) is 29.5 Å². The maximum Gasteiger partial charge on any atom is 0.469 e. The number of aliphatic hydroxyl groups is 3. The molecule has 0 aromatic rings. The lowest BCUT2D eigenvalue weighted by Gasteiger charge is -2.19. The Morgan fingerprint density at radius 1 is 0.732 bits per heavy atom. The van der Waals surface area contributed by atoms with Crippen molar-refractivity contribution in [3.05, 3.63) is 24.3 Å². The highest BCUT2D eigenvalue weighted by Crippen LogP contribution is 2.37. The van der Waals surface area contributed by atoms with Crippen LogP contribution in [-0.4, -0.2) is 74.7 Å². The molecule has 1 aliphatic rings. The highest BCUT2D eigenvalue weighted by Gasteiger charge is 2.39. The molecule has 0 aromatic carbocycles. The van der Waals surface area contributed by atoms with Crippen LogP contribution in [0.2, 0.25) is 0 Å². The molecule has 0 heterocycles. The first-order valence-electron chi connectivity index (χ1n) is 22.3. The van der Waals surface area contributed by atoms with Gasteiger partial charge in [0.15, 0.2) is 6.10 Å². The summed E-state index contributed by atoms with van der Waals surface area (Å²) >= 11 is 0. The number of rotatable bonds is 36. The molecule has 12 heteroatoms. The van der Waals surface area contributed by atoms with Crippen molar-refractivity contribution in [3.8, 4) is 0 Å². The summed E-state index contributed by atoms with van der Waals surface area (Å²) in [4.78, 5) is 43.1. The lowest BCUT2D eigenvalue weighted by atomic mass is 9.89. The second-order valence-electron chi connectivity index (χ2n) is 16.2. The molecule has 1 rings (SSSR count). The molecule has 1 unspecified atom stereocenters. The molecule has 11 nitrogen and oxygen atoms in total. The predicted octanol–water partition coefficient (Wildman–Crippen LogP) is 9.81. The van der Waals surface area contributed by atoms with E-state index in [0.717, 1.165) is 44.4 Å². The Bertz CT molecular complexity index is 1090. The smallest absolute Gasteiger partial charge is 0.462 e. The van der Waals surface area contributed by atoms with Crippen LogP contribution in [0.25, 0.3) is 0 Å². The van der Waals surface area contributed by atoms with E-state index in [1.165, 1.54) is 77.0 Å². The topological polar surface area (TPSA) is 180 Å². The lowest BCUT2D eigenvalue weighted by molar-refractivity contribution is -0.161. The molecule has 0 saturated heterocycles. The van der Waals surface area contributed by atoms with Crippen molar-refractivity contribution < 1.29 is 53.3 Å². The van der Waals surface area contributed by atoms with Crippen molar-refractivity contribution in [1.29, 1.82) is 0 Å². The van der Waals surface area contributed by atoms with Crippen molar-refractivity contribution >= 4 is 19.8 Å². The molecule has 56 heavy (non-hydrogen) atoms. The van der Waals surface area contributed by atoms with Crippen LogP contribution in [0.1, 0.15) is 188 Å². The molecule has 0 spiro atoms. The van der Waals surface area contributed by atoms with Gasteiger partial charge in [0, 0.05) is 25.2 Å². The molecule has 0 aromatic heterocycles. The summed E-state index contributed by atoms with van der Waals surface area (Å²) in [7, 11) is -4.81. The maximum absolute atomic E-state index is 12.5. The van der Waals surface area contributed by atoms with Crippen LogP contribution >= 0.6 is 7.82 Å². The third-order valence-electron chi connectivity index (χ3n) is 11.1. The number of unbranched alkanes of at least 4 members (excludes halogenated alkanes) is 16. The van der Waals surface area contributed by atoms with E-state index in [0.29, 0.717) is 38.5 Å². The van der Waals surface area contributed by atoms with Gasteiger partial charge in [0.25, 0.3) is 0 Å². The van der Waals surface area contributed by atoms with Crippen molar-refractivity contribution in [2.24, 2.45) is 17.8 Å². The van der Waals surface area contributed by atoms with Crippen molar-refractivity contribution in [3.63, 3.8) is 0 Å². The fourth-order valence-corrected chi connectivity index (χ4v) is 7.65. The molecule has 1 saturated carbocycles. The largest absolute Gasteiger partial charge is 0.469 e. The first-order chi connectivity index (χ1) is 26.9. The van der Waals surface area contributed by atoms with E-state index in [-0.39, 0.29) is 31.3 Å². The van der Waals surface area contributed by atoms with Gasteiger partial charge in [-0.2, -0.15) is 0 Å². The highest BCUT2D eigenvalue weighted by atomic mass is 31.2. The normalized spacial score (nSPS) is 20.5. The van der Waals surface area contributed by atoms with E-state index in [4.69, 9.17) is 19.3 Å². The highest BCUT2D eigenvalue weighted by molar-refractivity contribution is 7.46. The Kier molecular flexibility index (Phi) is 31.1. The van der Waals surface area contributed by atoms with E-state index in [2.05, 4.69) is 25.3 Å². The summed E-state index contributed by atoms with van der Waals surface area (Å²) in [5.74, 6) is -0.604. The fourth-order valence-electron chi connectivity index (χ4n) is 7.28. The van der Waals surface area contributed by atoms with Crippen LogP contribution in [0, 0.1) is 17.8 Å². The number of phosphoric acid groups is 1. The SMILES string of the molecule is CCCCC[C@H](O)/C=C/[C@@H]1[C@@H](C/C=C/CCCC(=O)OC[C@H](COP(=O)(O)O)OC(=O)CCCCCCCCCCCCCCCCC(C)CC)[C@@H](O)C[C@H]1O. The summed E-state index contributed by atoms with van der Waals surface area (Å²) in [6.07, 6.45) is 29.9. The summed E-state index contributed by atoms with van der Waals surface area (Å²) in [5.41, 5.74) is 0. The number of carbonyl (C=O) groups is 2. The maximum atomic E-state index is 12.5. The van der Waals surface area contributed by atoms with E-state index >= 15 is 0 Å². The summed E-state index contributed by atoms with van der Waals surface area (Å²) in [5, 5.41) is 31.2. The Balaban J connectivity index is 2.25. The monoisotopic (exact) mass is 817 g/mol. The van der Waals surface area contributed by atoms with Crippen LogP contribution in [0.5, 0.6) is 0 Å². The van der Waals surface area contributed by atoms with E-state index in [1.807, 2.05) is 18.2 Å². The number of hydrogen-bond acceptors (Lipinski definition) is 9. The molecule has 5 N–H and O–H groups in total. The second-order valence-corrected chi connectivity index (χ2v) is 17.5. The number of carbonyl (C=O) groups excluding carboxylic acids is 2. The minimum atomic E-state index is -4.81. The Morgan fingerprint density at radius 2 is 1.30 bits per heavy atom. The molecule has 0 bridgehead atoms.